The molecule has 2 amide bonds. The first-order valence-electron chi connectivity index (χ1n) is 10.9. The van der Waals surface area contributed by atoms with Crippen molar-refractivity contribution in [3.63, 3.8) is 0 Å². The van der Waals surface area contributed by atoms with Gasteiger partial charge in [-0.2, -0.15) is 5.10 Å². The number of aromatic nitrogens is 2. The molecule has 2 aliphatic rings. The van der Waals surface area contributed by atoms with E-state index in [1.54, 1.807) is 27.0 Å². The number of nitrogens with one attached hydrogen (secondary N) is 1. The molecule has 6 nitrogen and oxygen atoms in total. The lowest BCUT2D eigenvalue weighted by atomic mass is 9.92. The smallest absolute Gasteiger partial charge is 0.277 e. The fourth-order valence-electron chi connectivity index (χ4n) is 4.75. The maximum atomic E-state index is 13.9. The van der Waals surface area contributed by atoms with Crippen molar-refractivity contribution in [3.8, 4) is 10.6 Å². The Kier molecular flexibility index (Phi) is 5.34. The van der Waals surface area contributed by atoms with Gasteiger partial charge in [-0.3, -0.25) is 19.2 Å². The van der Waals surface area contributed by atoms with Gasteiger partial charge in [-0.15, -0.1) is 11.3 Å². The minimum Gasteiger partial charge on any atom is -0.351 e. The molecule has 3 aromatic rings. The third kappa shape index (κ3) is 3.44. The van der Waals surface area contributed by atoms with Crippen LogP contribution >= 0.6 is 22.9 Å². The van der Waals surface area contributed by atoms with E-state index >= 15 is 0 Å². The van der Waals surface area contributed by atoms with Crippen LogP contribution in [0.3, 0.4) is 0 Å². The Hall–Kier alpha value is -2.64. The number of rotatable bonds is 4. The quantitative estimate of drug-likeness (QED) is 0.582. The van der Waals surface area contributed by atoms with Crippen LogP contribution in [0.4, 0.5) is 5.69 Å². The number of thiophene rings is 1. The van der Waals surface area contributed by atoms with E-state index in [2.05, 4.69) is 5.32 Å². The lowest BCUT2D eigenvalue weighted by molar-refractivity contribution is -0.127. The molecule has 8 heteroatoms. The molecule has 3 heterocycles. The average molecular weight is 469 g/mol. The Morgan fingerprint density at radius 1 is 1.25 bits per heavy atom. The Morgan fingerprint density at radius 3 is 2.75 bits per heavy atom. The number of anilines is 1. The van der Waals surface area contributed by atoms with Gasteiger partial charge in [-0.25, -0.2) is 0 Å². The summed E-state index contributed by atoms with van der Waals surface area (Å²) in [6.45, 7) is 3.97. The van der Waals surface area contributed by atoms with Gasteiger partial charge in [0.25, 0.3) is 5.91 Å². The van der Waals surface area contributed by atoms with Gasteiger partial charge in [0, 0.05) is 16.8 Å². The molecule has 166 valence electrons. The van der Waals surface area contributed by atoms with Crippen molar-refractivity contribution in [2.75, 3.05) is 4.90 Å². The minimum absolute atomic E-state index is 0.150. The molecule has 0 saturated heterocycles. The van der Waals surface area contributed by atoms with Crippen LogP contribution in [0.2, 0.25) is 5.02 Å². The van der Waals surface area contributed by atoms with E-state index in [4.69, 9.17) is 16.7 Å². The van der Waals surface area contributed by atoms with Gasteiger partial charge in [-0.05, 0) is 61.9 Å². The summed E-state index contributed by atoms with van der Waals surface area (Å²) >= 11 is 7.98. The number of hydrogen-bond acceptors (Lipinski definition) is 4. The van der Waals surface area contributed by atoms with Crippen LogP contribution in [-0.4, -0.2) is 33.2 Å². The van der Waals surface area contributed by atoms with Crippen molar-refractivity contribution < 1.29 is 9.59 Å². The number of benzene rings is 1. The van der Waals surface area contributed by atoms with Gasteiger partial charge in [0.2, 0.25) is 5.91 Å². The first kappa shape index (κ1) is 21.2. The van der Waals surface area contributed by atoms with Crippen molar-refractivity contribution >= 4 is 40.4 Å². The van der Waals surface area contributed by atoms with Crippen molar-refractivity contribution in [2.45, 2.75) is 57.7 Å². The molecule has 1 atom stereocenters. The molecule has 1 N–H and O–H groups in total. The number of hydrogen-bond donors (Lipinski definition) is 1. The largest absolute Gasteiger partial charge is 0.351 e. The summed E-state index contributed by atoms with van der Waals surface area (Å²) in [4.78, 5) is 30.1. The number of halogens is 1. The SMILES string of the molecule is Cc1c(Cl)cccc1N1C(=O)c2cc(-c3cccs3)nn2CC1(C)C(=O)NC1CCCC1. The molecule has 1 unspecified atom stereocenters. The first-order chi connectivity index (χ1) is 15.4. The highest BCUT2D eigenvalue weighted by atomic mass is 35.5. The number of carbonyl (C=O) groups is 2. The standard InChI is InChI=1S/C24H25ClN4O2S/c1-15-17(25)9-5-10-19(15)29-22(30)20-13-18(21-11-6-12-32-21)27-28(20)14-24(29,2)23(31)26-16-7-3-4-8-16/h5-6,9-13,16H,3-4,7-8,14H2,1-2H3,(H,26,31). The minimum atomic E-state index is -1.14. The lowest BCUT2D eigenvalue weighted by Gasteiger charge is -2.44. The van der Waals surface area contributed by atoms with Gasteiger partial charge in [-0.1, -0.05) is 36.6 Å². The fraction of sp³-hybridized carbons (Fsp3) is 0.375. The second kappa shape index (κ2) is 8.05. The topological polar surface area (TPSA) is 67.2 Å². The molecule has 1 aliphatic carbocycles. The van der Waals surface area contributed by atoms with Gasteiger partial charge in [0.15, 0.2) is 0 Å². The van der Waals surface area contributed by atoms with Crippen LogP contribution in [0.1, 0.15) is 48.7 Å². The summed E-state index contributed by atoms with van der Waals surface area (Å²) in [5.41, 5.74) is 1.50. The Bertz CT molecular complexity index is 1180. The maximum Gasteiger partial charge on any atom is 0.277 e. The van der Waals surface area contributed by atoms with E-state index in [-0.39, 0.29) is 24.4 Å². The molecule has 5 rings (SSSR count). The van der Waals surface area contributed by atoms with Crippen LogP contribution in [-0.2, 0) is 11.3 Å². The second-order valence-corrected chi connectivity index (χ2v) is 10.2. The maximum absolute atomic E-state index is 13.9. The lowest BCUT2D eigenvalue weighted by Crippen LogP contribution is -2.65. The summed E-state index contributed by atoms with van der Waals surface area (Å²) in [5.74, 6) is -0.406. The molecule has 0 spiro atoms. The summed E-state index contributed by atoms with van der Waals surface area (Å²) in [7, 11) is 0. The normalized spacial score (nSPS) is 21.1. The number of nitrogens with zero attached hydrogens (tertiary/aromatic N) is 3. The zero-order valence-electron chi connectivity index (χ0n) is 18.1. The van der Waals surface area contributed by atoms with Crippen molar-refractivity contribution in [3.05, 3.63) is 58.1 Å². The highest BCUT2D eigenvalue weighted by molar-refractivity contribution is 7.13. The van der Waals surface area contributed by atoms with E-state index in [0.717, 1.165) is 41.8 Å². The zero-order valence-corrected chi connectivity index (χ0v) is 19.7. The zero-order chi connectivity index (χ0) is 22.5. The van der Waals surface area contributed by atoms with Crippen molar-refractivity contribution in [1.82, 2.24) is 15.1 Å². The van der Waals surface area contributed by atoms with E-state index in [1.807, 2.05) is 49.6 Å². The van der Waals surface area contributed by atoms with E-state index < -0.39 is 5.54 Å². The van der Waals surface area contributed by atoms with Crippen LogP contribution in [0, 0.1) is 6.92 Å². The second-order valence-electron chi connectivity index (χ2n) is 8.80. The third-order valence-corrected chi connectivity index (χ3v) is 7.89. The molecular formula is C24H25ClN4O2S. The van der Waals surface area contributed by atoms with Gasteiger partial charge < -0.3 is 5.32 Å². The fourth-order valence-corrected chi connectivity index (χ4v) is 5.60. The predicted octanol–water partition coefficient (Wildman–Crippen LogP) is 5.05. The molecule has 0 bridgehead atoms. The van der Waals surface area contributed by atoms with Crippen molar-refractivity contribution in [2.24, 2.45) is 0 Å². The van der Waals surface area contributed by atoms with Crippen molar-refractivity contribution in [1.29, 1.82) is 0 Å². The Balaban J connectivity index is 1.61. The molecular weight excluding hydrogens is 444 g/mol. The molecule has 1 aromatic carbocycles. The third-order valence-electron chi connectivity index (χ3n) is 6.59. The number of carbonyl (C=O) groups excluding carboxylic acids is 2. The monoisotopic (exact) mass is 468 g/mol. The average Bonchev–Trinajstić information content (AvgIpc) is 3.52. The van der Waals surface area contributed by atoms with Crippen LogP contribution in [0.15, 0.2) is 41.8 Å². The summed E-state index contributed by atoms with van der Waals surface area (Å²) < 4.78 is 1.68. The number of amides is 2. The molecule has 1 fully saturated rings. The van der Waals surface area contributed by atoms with Gasteiger partial charge in [0.1, 0.15) is 16.9 Å². The van der Waals surface area contributed by atoms with Crippen LogP contribution < -0.4 is 10.2 Å². The van der Waals surface area contributed by atoms with E-state index in [0.29, 0.717) is 16.4 Å². The number of fused-ring (bicyclic) bond motifs is 1. The Labute approximate surface area is 196 Å². The molecule has 32 heavy (non-hydrogen) atoms. The summed E-state index contributed by atoms with van der Waals surface area (Å²) in [6.07, 6.45) is 4.18. The van der Waals surface area contributed by atoms with E-state index in [9.17, 15) is 9.59 Å². The summed E-state index contributed by atoms with van der Waals surface area (Å²) in [6, 6.07) is 11.4. The van der Waals surface area contributed by atoms with Crippen LogP contribution in [0.5, 0.6) is 0 Å². The summed E-state index contributed by atoms with van der Waals surface area (Å²) in [5, 5.41) is 10.4. The van der Waals surface area contributed by atoms with Crippen LogP contribution in [0.25, 0.3) is 10.6 Å². The molecule has 1 aliphatic heterocycles. The highest BCUT2D eigenvalue weighted by Gasteiger charge is 2.49. The van der Waals surface area contributed by atoms with E-state index in [1.165, 1.54) is 0 Å². The Morgan fingerprint density at radius 2 is 2.03 bits per heavy atom. The van der Waals surface area contributed by atoms with Gasteiger partial charge >= 0.3 is 0 Å². The molecule has 1 saturated carbocycles. The predicted molar refractivity (Wildman–Crippen MR) is 127 cm³/mol. The molecule has 2 aromatic heterocycles. The van der Waals surface area contributed by atoms with Gasteiger partial charge in [0.05, 0.1) is 11.4 Å². The molecule has 0 radical (unpaired) electrons. The first-order valence-corrected chi connectivity index (χ1v) is 12.2. The highest BCUT2D eigenvalue weighted by Crippen LogP contribution is 2.38.